The molecule has 0 unspecified atom stereocenters. The summed E-state index contributed by atoms with van der Waals surface area (Å²) in [4.78, 5) is 0.628. The van der Waals surface area contributed by atoms with Gasteiger partial charge in [-0.3, -0.25) is 0 Å². The van der Waals surface area contributed by atoms with Gasteiger partial charge in [-0.1, -0.05) is 36.4 Å². The molecular weight excluding hydrogens is 204 g/mol. The molecule has 0 aliphatic rings. The number of benzene rings is 2. The molecule has 2 aromatic rings. The molecule has 0 saturated carbocycles. The van der Waals surface area contributed by atoms with Crippen molar-refractivity contribution in [1.82, 2.24) is 0 Å². The van der Waals surface area contributed by atoms with Crippen LogP contribution in [0.5, 0.6) is 5.75 Å². The zero-order valence-electron chi connectivity index (χ0n) is 8.22. The Balaban J connectivity index is 2.22. The fraction of sp³-hybridized carbons (Fsp3) is 0.0769. The number of phenolic OH excluding ortho intramolecular Hbond substituents is 1. The van der Waals surface area contributed by atoms with Crippen LogP contribution >= 0.6 is 12.6 Å². The lowest BCUT2D eigenvalue weighted by Gasteiger charge is -2.04. The smallest absolute Gasteiger partial charge is 0.128 e. The maximum Gasteiger partial charge on any atom is 0.128 e. The van der Waals surface area contributed by atoms with E-state index in [0.29, 0.717) is 4.90 Å². The van der Waals surface area contributed by atoms with Gasteiger partial charge < -0.3 is 5.11 Å². The highest BCUT2D eigenvalue weighted by Gasteiger charge is 1.99. The molecule has 1 nitrogen and oxygen atoms in total. The van der Waals surface area contributed by atoms with Crippen molar-refractivity contribution >= 4 is 12.6 Å². The fourth-order valence-corrected chi connectivity index (χ4v) is 1.75. The first-order valence-corrected chi connectivity index (χ1v) is 5.25. The predicted molar refractivity (Wildman–Crippen MR) is 64.6 cm³/mol. The minimum Gasteiger partial charge on any atom is -0.507 e. The van der Waals surface area contributed by atoms with Crippen molar-refractivity contribution in [2.24, 2.45) is 0 Å². The molecule has 2 heteroatoms. The van der Waals surface area contributed by atoms with Crippen LogP contribution in [0.3, 0.4) is 0 Å². The number of hydrogen-bond acceptors (Lipinski definition) is 2. The molecule has 0 radical (unpaired) electrons. The normalized spacial score (nSPS) is 10.2. The van der Waals surface area contributed by atoms with E-state index in [1.165, 1.54) is 5.56 Å². The van der Waals surface area contributed by atoms with Crippen molar-refractivity contribution in [2.75, 3.05) is 0 Å². The monoisotopic (exact) mass is 216 g/mol. The van der Waals surface area contributed by atoms with Crippen molar-refractivity contribution in [3.8, 4) is 5.75 Å². The van der Waals surface area contributed by atoms with Gasteiger partial charge in [-0.2, -0.15) is 0 Å². The lowest BCUT2D eigenvalue weighted by molar-refractivity contribution is 0.462. The van der Waals surface area contributed by atoms with Crippen LogP contribution in [0.15, 0.2) is 53.4 Å². The number of phenols is 1. The molecule has 76 valence electrons. The van der Waals surface area contributed by atoms with Gasteiger partial charge in [0.15, 0.2) is 0 Å². The standard InChI is InChI=1S/C13H12OS/c14-12-7-6-11(9-13(12)15)8-10-4-2-1-3-5-10/h1-7,9,14-15H,8H2. The Morgan fingerprint density at radius 2 is 1.67 bits per heavy atom. The summed E-state index contributed by atoms with van der Waals surface area (Å²) in [7, 11) is 0. The van der Waals surface area contributed by atoms with Crippen LogP contribution < -0.4 is 0 Å². The molecule has 0 spiro atoms. The second-order valence-corrected chi connectivity index (χ2v) is 3.97. The SMILES string of the molecule is Oc1ccc(Cc2ccccc2)cc1S. The Morgan fingerprint density at radius 1 is 0.933 bits per heavy atom. The summed E-state index contributed by atoms with van der Waals surface area (Å²) >= 11 is 4.18. The van der Waals surface area contributed by atoms with Crippen LogP contribution in [0.25, 0.3) is 0 Å². The molecule has 0 aliphatic carbocycles. The van der Waals surface area contributed by atoms with Gasteiger partial charge in [-0.25, -0.2) is 0 Å². The first-order valence-electron chi connectivity index (χ1n) is 4.80. The van der Waals surface area contributed by atoms with Crippen molar-refractivity contribution in [3.63, 3.8) is 0 Å². The van der Waals surface area contributed by atoms with E-state index in [4.69, 9.17) is 0 Å². The zero-order chi connectivity index (χ0) is 10.7. The summed E-state index contributed by atoms with van der Waals surface area (Å²) in [6.45, 7) is 0. The zero-order valence-corrected chi connectivity index (χ0v) is 9.11. The van der Waals surface area contributed by atoms with E-state index in [9.17, 15) is 5.11 Å². The van der Waals surface area contributed by atoms with Gasteiger partial charge in [0.1, 0.15) is 5.75 Å². The Kier molecular flexibility index (Phi) is 2.97. The van der Waals surface area contributed by atoms with E-state index in [2.05, 4.69) is 24.8 Å². The molecule has 0 bridgehead atoms. The van der Waals surface area contributed by atoms with Crippen LogP contribution in [-0.4, -0.2) is 5.11 Å². The molecule has 0 aliphatic heterocycles. The first kappa shape index (κ1) is 10.1. The number of aromatic hydroxyl groups is 1. The second-order valence-electron chi connectivity index (χ2n) is 3.49. The lowest BCUT2D eigenvalue weighted by atomic mass is 10.1. The van der Waals surface area contributed by atoms with Crippen molar-refractivity contribution in [3.05, 3.63) is 59.7 Å². The van der Waals surface area contributed by atoms with E-state index in [1.807, 2.05) is 30.3 Å². The second kappa shape index (κ2) is 4.41. The van der Waals surface area contributed by atoms with Crippen LogP contribution in [0, 0.1) is 0 Å². The van der Waals surface area contributed by atoms with E-state index in [-0.39, 0.29) is 5.75 Å². The van der Waals surface area contributed by atoms with Gasteiger partial charge in [0.2, 0.25) is 0 Å². The third-order valence-electron chi connectivity index (χ3n) is 2.29. The minimum absolute atomic E-state index is 0.232. The average molecular weight is 216 g/mol. The van der Waals surface area contributed by atoms with E-state index in [0.717, 1.165) is 12.0 Å². The summed E-state index contributed by atoms with van der Waals surface area (Å²) < 4.78 is 0. The third kappa shape index (κ3) is 2.54. The summed E-state index contributed by atoms with van der Waals surface area (Å²) in [5.74, 6) is 0.232. The molecule has 1 N–H and O–H groups in total. The summed E-state index contributed by atoms with van der Waals surface area (Å²) in [5.41, 5.74) is 2.42. The first-order chi connectivity index (χ1) is 7.25. The topological polar surface area (TPSA) is 20.2 Å². The van der Waals surface area contributed by atoms with Crippen molar-refractivity contribution < 1.29 is 5.11 Å². The number of thiol groups is 1. The van der Waals surface area contributed by atoms with E-state index >= 15 is 0 Å². The highest BCUT2D eigenvalue weighted by Crippen LogP contribution is 2.23. The quantitative estimate of drug-likeness (QED) is 0.738. The molecule has 2 rings (SSSR count). The van der Waals surface area contributed by atoms with Crippen LogP contribution in [0.1, 0.15) is 11.1 Å². The predicted octanol–water partition coefficient (Wildman–Crippen LogP) is 3.27. The van der Waals surface area contributed by atoms with Gasteiger partial charge in [-0.15, -0.1) is 12.6 Å². The average Bonchev–Trinajstić information content (AvgIpc) is 2.25. The lowest BCUT2D eigenvalue weighted by Crippen LogP contribution is -1.87. The summed E-state index contributed by atoms with van der Waals surface area (Å²) in [6.07, 6.45) is 0.870. The Labute approximate surface area is 94.8 Å². The maximum atomic E-state index is 9.33. The molecule has 0 aromatic heterocycles. The molecule has 0 fully saturated rings. The summed E-state index contributed by atoms with van der Waals surface area (Å²) in [6, 6.07) is 15.7. The van der Waals surface area contributed by atoms with Crippen LogP contribution in [0.2, 0.25) is 0 Å². The van der Waals surface area contributed by atoms with E-state index in [1.54, 1.807) is 6.07 Å². The largest absolute Gasteiger partial charge is 0.507 e. The van der Waals surface area contributed by atoms with Gasteiger partial charge in [0, 0.05) is 4.90 Å². The molecule has 2 aromatic carbocycles. The minimum atomic E-state index is 0.232. The highest BCUT2D eigenvalue weighted by atomic mass is 32.1. The molecule has 0 heterocycles. The maximum absolute atomic E-state index is 9.33. The molecule has 0 atom stereocenters. The van der Waals surface area contributed by atoms with Crippen LogP contribution in [0.4, 0.5) is 0 Å². The fourth-order valence-electron chi connectivity index (χ4n) is 1.51. The van der Waals surface area contributed by atoms with E-state index < -0.39 is 0 Å². The van der Waals surface area contributed by atoms with Crippen LogP contribution in [-0.2, 0) is 6.42 Å². The molecular formula is C13H12OS. The molecule has 0 amide bonds. The Bertz CT molecular complexity index is 451. The number of hydrogen-bond donors (Lipinski definition) is 2. The molecule has 0 saturated heterocycles. The third-order valence-corrected chi connectivity index (χ3v) is 2.65. The van der Waals surface area contributed by atoms with Gasteiger partial charge in [-0.05, 0) is 29.7 Å². The highest BCUT2D eigenvalue weighted by molar-refractivity contribution is 7.80. The summed E-state index contributed by atoms with van der Waals surface area (Å²) in [5, 5.41) is 9.33. The Hall–Kier alpha value is -1.41. The van der Waals surface area contributed by atoms with Gasteiger partial charge in [0.25, 0.3) is 0 Å². The van der Waals surface area contributed by atoms with Crippen molar-refractivity contribution in [1.29, 1.82) is 0 Å². The molecule has 15 heavy (non-hydrogen) atoms. The van der Waals surface area contributed by atoms with Gasteiger partial charge >= 0.3 is 0 Å². The Morgan fingerprint density at radius 3 is 2.33 bits per heavy atom. The van der Waals surface area contributed by atoms with Gasteiger partial charge in [0.05, 0.1) is 0 Å². The van der Waals surface area contributed by atoms with Crippen molar-refractivity contribution in [2.45, 2.75) is 11.3 Å². The number of rotatable bonds is 2.